The number of carbonyl (C=O) groups is 1. The van der Waals surface area contributed by atoms with E-state index in [1.165, 1.54) is 12.1 Å². The summed E-state index contributed by atoms with van der Waals surface area (Å²) < 4.78 is 0. The molecule has 0 heterocycles. The topological polar surface area (TPSA) is 60.4 Å². The minimum Gasteiger partial charge on any atom is -0.550 e. The van der Waals surface area contributed by atoms with Crippen LogP contribution in [-0.4, -0.2) is 11.1 Å². The first-order chi connectivity index (χ1) is 6.34. The van der Waals surface area contributed by atoms with Gasteiger partial charge in [-0.25, -0.2) is 0 Å². The standard InChI is InChI=1S/C6H3Cl3O.C2H4O2.Zn/c7-3-1-5(9)6(10)2-4(3)8;1-2(3)4;/h1-2,10H;1H3,(H,3,4);/p-1. The van der Waals surface area contributed by atoms with E-state index in [1.54, 1.807) is 0 Å². The Hall–Kier alpha value is -0.0166. The van der Waals surface area contributed by atoms with Gasteiger partial charge in [-0.05, 0) is 13.0 Å². The van der Waals surface area contributed by atoms with E-state index >= 15 is 0 Å². The maximum atomic E-state index is 8.95. The average Bonchev–Trinajstić information content (AvgIpc) is 2.00. The van der Waals surface area contributed by atoms with Crippen molar-refractivity contribution in [1.29, 1.82) is 0 Å². The van der Waals surface area contributed by atoms with Crippen molar-refractivity contribution < 1.29 is 34.5 Å². The van der Waals surface area contributed by atoms with Crippen LogP contribution >= 0.6 is 34.8 Å². The Balaban J connectivity index is 0. The quantitative estimate of drug-likeness (QED) is 0.588. The molecule has 0 saturated heterocycles. The fraction of sp³-hybridized carbons (Fsp3) is 0.125. The average molecular weight is 322 g/mol. The molecule has 0 aliphatic rings. The Morgan fingerprint density at radius 1 is 1.20 bits per heavy atom. The molecule has 0 aliphatic heterocycles. The maximum Gasteiger partial charge on any atom is 0.135 e. The van der Waals surface area contributed by atoms with Crippen molar-refractivity contribution in [3.8, 4) is 5.75 Å². The Labute approximate surface area is 115 Å². The van der Waals surface area contributed by atoms with E-state index in [2.05, 4.69) is 0 Å². The molecule has 1 aromatic rings. The SMILES string of the molecule is CC(=O)[O-].Oc1cc(Cl)c(Cl)cc1Cl.[Zn]. The summed E-state index contributed by atoms with van der Waals surface area (Å²) in [5.74, 6) is -1.14. The third kappa shape index (κ3) is 7.86. The number of benzene rings is 1. The number of phenols is 1. The normalized spacial score (nSPS) is 8.27. The molecule has 0 bridgehead atoms. The molecule has 0 fully saturated rings. The number of aliphatic carboxylic acids is 1. The fourth-order valence-corrected chi connectivity index (χ4v) is 1.05. The zero-order valence-electron chi connectivity index (χ0n) is 7.76. The molecule has 0 aromatic heterocycles. The molecule has 80 valence electrons. The summed E-state index contributed by atoms with van der Waals surface area (Å²) in [6, 6.07) is 2.69. The van der Waals surface area contributed by atoms with Crippen molar-refractivity contribution >= 4 is 40.8 Å². The number of carboxylic acid groups (broad SMARTS) is 1. The van der Waals surface area contributed by atoms with E-state index in [9.17, 15) is 0 Å². The number of phenolic OH excluding ortho intramolecular Hbond substituents is 1. The summed E-state index contributed by atoms with van der Waals surface area (Å²) in [6.45, 7) is 0.972. The molecule has 1 rings (SSSR count). The van der Waals surface area contributed by atoms with Crippen LogP contribution in [0.2, 0.25) is 15.1 Å². The summed E-state index contributed by atoms with van der Waals surface area (Å²) in [5, 5.41) is 18.7. The van der Waals surface area contributed by atoms with E-state index in [1.807, 2.05) is 0 Å². The van der Waals surface area contributed by atoms with Crippen molar-refractivity contribution in [2.24, 2.45) is 0 Å². The predicted molar refractivity (Wildman–Crippen MR) is 53.8 cm³/mol. The molecular formula is C8H6Cl3O3Zn-. The van der Waals surface area contributed by atoms with Crippen LogP contribution in [0.3, 0.4) is 0 Å². The van der Waals surface area contributed by atoms with Crippen molar-refractivity contribution in [3.05, 3.63) is 27.2 Å². The smallest absolute Gasteiger partial charge is 0.135 e. The van der Waals surface area contributed by atoms with Gasteiger partial charge in [0.25, 0.3) is 0 Å². The van der Waals surface area contributed by atoms with Gasteiger partial charge in [0.1, 0.15) is 5.75 Å². The van der Waals surface area contributed by atoms with Gasteiger partial charge in [-0.15, -0.1) is 0 Å². The second kappa shape index (κ2) is 8.17. The van der Waals surface area contributed by atoms with Crippen molar-refractivity contribution in [3.63, 3.8) is 0 Å². The van der Waals surface area contributed by atoms with Crippen molar-refractivity contribution in [2.45, 2.75) is 6.92 Å². The summed E-state index contributed by atoms with van der Waals surface area (Å²) in [7, 11) is 0. The fourth-order valence-electron chi connectivity index (χ4n) is 0.512. The summed E-state index contributed by atoms with van der Waals surface area (Å²) in [6.07, 6.45) is 0. The van der Waals surface area contributed by atoms with Gasteiger partial charge in [-0.2, -0.15) is 0 Å². The molecule has 0 unspecified atom stereocenters. The molecule has 0 amide bonds. The monoisotopic (exact) mass is 319 g/mol. The second-order valence-corrected chi connectivity index (χ2v) is 3.43. The number of carbonyl (C=O) groups excluding carboxylic acids is 1. The molecule has 0 spiro atoms. The number of halogens is 3. The van der Waals surface area contributed by atoms with Crippen LogP contribution in [-0.2, 0) is 24.3 Å². The minimum atomic E-state index is -1.08. The Morgan fingerprint density at radius 2 is 1.53 bits per heavy atom. The largest absolute Gasteiger partial charge is 0.550 e. The number of hydrogen-bond donors (Lipinski definition) is 1. The van der Waals surface area contributed by atoms with Crippen LogP contribution in [0.1, 0.15) is 6.92 Å². The molecule has 1 aromatic carbocycles. The molecule has 7 heteroatoms. The van der Waals surface area contributed by atoms with Crippen LogP contribution in [0, 0.1) is 0 Å². The van der Waals surface area contributed by atoms with E-state index in [4.69, 9.17) is 49.8 Å². The predicted octanol–water partition coefficient (Wildman–Crippen LogP) is 2.11. The molecule has 0 atom stereocenters. The van der Waals surface area contributed by atoms with Crippen LogP contribution in [0.15, 0.2) is 12.1 Å². The van der Waals surface area contributed by atoms with Gasteiger partial charge in [0.05, 0.1) is 15.1 Å². The first-order valence-electron chi connectivity index (χ1n) is 3.35. The van der Waals surface area contributed by atoms with E-state index in [-0.39, 0.29) is 30.3 Å². The van der Waals surface area contributed by atoms with Gasteiger partial charge >= 0.3 is 0 Å². The first-order valence-corrected chi connectivity index (χ1v) is 4.49. The molecule has 1 N–H and O–H groups in total. The summed E-state index contributed by atoms with van der Waals surface area (Å²) in [5.41, 5.74) is 0. The first kappa shape index (κ1) is 17.4. The van der Waals surface area contributed by atoms with E-state index < -0.39 is 5.97 Å². The van der Waals surface area contributed by atoms with Crippen LogP contribution in [0.25, 0.3) is 0 Å². The van der Waals surface area contributed by atoms with Crippen LogP contribution in [0.5, 0.6) is 5.75 Å². The number of aromatic hydroxyl groups is 1. The van der Waals surface area contributed by atoms with Crippen LogP contribution < -0.4 is 5.11 Å². The van der Waals surface area contributed by atoms with Crippen molar-refractivity contribution in [1.82, 2.24) is 0 Å². The van der Waals surface area contributed by atoms with Gasteiger partial charge in [0.15, 0.2) is 0 Å². The molecule has 3 nitrogen and oxygen atoms in total. The van der Waals surface area contributed by atoms with Gasteiger partial charge in [-0.3, -0.25) is 0 Å². The number of hydrogen-bond acceptors (Lipinski definition) is 3. The molecule has 0 radical (unpaired) electrons. The van der Waals surface area contributed by atoms with E-state index in [0.29, 0.717) is 10.0 Å². The van der Waals surface area contributed by atoms with Gasteiger partial charge in [0, 0.05) is 31.5 Å². The Kier molecular flexibility index (Phi) is 9.47. The second-order valence-electron chi connectivity index (χ2n) is 2.21. The number of rotatable bonds is 0. The maximum absolute atomic E-state index is 8.95. The van der Waals surface area contributed by atoms with Crippen LogP contribution in [0.4, 0.5) is 0 Å². The van der Waals surface area contributed by atoms with E-state index in [0.717, 1.165) is 6.92 Å². The molecule has 0 aliphatic carbocycles. The van der Waals surface area contributed by atoms with Gasteiger partial charge < -0.3 is 15.0 Å². The summed E-state index contributed by atoms with van der Waals surface area (Å²) in [4.78, 5) is 8.89. The van der Waals surface area contributed by atoms with Gasteiger partial charge in [0.2, 0.25) is 0 Å². The van der Waals surface area contributed by atoms with Crippen molar-refractivity contribution in [2.75, 3.05) is 0 Å². The summed E-state index contributed by atoms with van der Waals surface area (Å²) >= 11 is 16.6. The van der Waals surface area contributed by atoms with Gasteiger partial charge in [-0.1, -0.05) is 34.8 Å². The third-order valence-electron chi connectivity index (χ3n) is 0.990. The molecular weight excluding hydrogens is 316 g/mol. The number of carboxylic acids is 1. The Morgan fingerprint density at radius 3 is 1.87 bits per heavy atom. The minimum absolute atomic E-state index is 0. The zero-order valence-corrected chi connectivity index (χ0v) is 13.0. The third-order valence-corrected chi connectivity index (χ3v) is 2.01. The Bertz CT molecular complexity index is 290. The zero-order chi connectivity index (χ0) is 11.3. The molecule has 15 heavy (non-hydrogen) atoms. The molecule has 0 saturated carbocycles.